The second-order valence-corrected chi connectivity index (χ2v) is 7.63. The van der Waals surface area contributed by atoms with E-state index in [1.165, 1.54) is 10.9 Å². The molecule has 4 heterocycles. The first-order valence-corrected chi connectivity index (χ1v) is 9.63. The Balaban J connectivity index is 1.66. The van der Waals surface area contributed by atoms with Gasteiger partial charge < -0.3 is 14.5 Å². The topological polar surface area (TPSA) is 44.7 Å². The van der Waals surface area contributed by atoms with Gasteiger partial charge in [0.1, 0.15) is 10.6 Å². The summed E-state index contributed by atoms with van der Waals surface area (Å²) >= 11 is 7.84. The van der Waals surface area contributed by atoms with Crippen LogP contribution < -0.4 is 4.90 Å². The summed E-state index contributed by atoms with van der Waals surface area (Å²) in [6, 6.07) is 0. The lowest BCUT2D eigenvalue weighted by molar-refractivity contribution is 0.122. The van der Waals surface area contributed by atoms with Crippen molar-refractivity contribution in [1.82, 2.24) is 19.8 Å². The molecule has 0 atom stereocenters. The third kappa shape index (κ3) is 3.36. The molecule has 0 N–H and O–H groups in total. The third-order valence-electron chi connectivity index (χ3n) is 4.76. The summed E-state index contributed by atoms with van der Waals surface area (Å²) in [4.78, 5) is 17.2. The number of likely N-dealkylation sites (N-methyl/N-ethyl adjacent to an activating group) is 1. The summed E-state index contributed by atoms with van der Waals surface area (Å²) < 4.78 is 5.48. The van der Waals surface area contributed by atoms with Gasteiger partial charge >= 0.3 is 0 Å². The minimum atomic E-state index is 0.331. The maximum absolute atomic E-state index is 6.17. The van der Waals surface area contributed by atoms with Gasteiger partial charge in [-0.15, -0.1) is 11.3 Å². The van der Waals surface area contributed by atoms with Crippen LogP contribution in [0.1, 0.15) is 5.56 Å². The minimum absolute atomic E-state index is 0.331. The summed E-state index contributed by atoms with van der Waals surface area (Å²) in [6.07, 6.45) is 0. The predicted octanol–water partition coefficient (Wildman–Crippen LogP) is 1.93. The monoisotopic (exact) mass is 367 g/mol. The van der Waals surface area contributed by atoms with Crippen LogP contribution in [0, 0.1) is 0 Å². The molecule has 0 saturated carbocycles. The highest BCUT2D eigenvalue weighted by Gasteiger charge is 2.22. The molecule has 130 valence electrons. The quantitative estimate of drug-likeness (QED) is 0.772. The molecule has 2 fully saturated rings. The van der Waals surface area contributed by atoms with Crippen molar-refractivity contribution in [3.63, 3.8) is 0 Å². The van der Waals surface area contributed by atoms with Gasteiger partial charge in [0.15, 0.2) is 0 Å². The van der Waals surface area contributed by atoms with Gasteiger partial charge in [0.05, 0.1) is 18.6 Å². The van der Waals surface area contributed by atoms with Gasteiger partial charge in [-0.25, -0.2) is 4.98 Å². The molecule has 2 aromatic heterocycles. The molecular formula is C16H22ClN5OS. The molecule has 0 amide bonds. The van der Waals surface area contributed by atoms with E-state index in [0.717, 1.165) is 69.7 Å². The maximum atomic E-state index is 6.17. The Morgan fingerprint density at radius 2 is 1.88 bits per heavy atom. The average molecular weight is 368 g/mol. The molecule has 24 heavy (non-hydrogen) atoms. The van der Waals surface area contributed by atoms with Crippen LogP contribution in [-0.4, -0.2) is 79.3 Å². The molecule has 0 spiro atoms. The van der Waals surface area contributed by atoms with E-state index in [-0.39, 0.29) is 0 Å². The molecular weight excluding hydrogens is 346 g/mol. The van der Waals surface area contributed by atoms with E-state index in [0.29, 0.717) is 5.28 Å². The van der Waals surface area contributed by atoms with Crippen LogP contribution in [0.25, 0.3) is 10.2 Å². The Bertz CT molecular complexity index is 710. The SMILES string of the molecule is CN1CCN(Cc2csc3nc(Cl)nc(N4CCOCC4)c23)CC1. The van der Waals surface area contributed by atoms with Crippen LogP contribution in [0.2, 0.25) is 5.28 Å². The molecule has 4 rings (SSSR count). The molecule has 2 aliphatic heterocycles. The van der Waals surface area contributed by atoms with Crippen molar-refractivity contribution in [2.45, 2.75) is 6.54 Å². The average Bonchev–Trinajstić information content (AvgIpc) is 2.99. The van der Waals surface area contributed by atoms with E-state index in [9.17, 15) is 0 Å². The van der Waals surface area contributed by atoms with Crippen molar-refractivity contribution in [1.29, 1.82) is 0 Å². The second kappa shape index (κ2) is 7.09. The number of hydrogen-bond acceptors (Lipinski definition) is 7. The maximum Gasteiger partial charge on any atom is 0.225 e. The van der Waals surface area contributed by atoms with Gasteiger partial charge in [0, 0.05) is 45.8 Å². The number of thiophene rings is 1. The van der Waals surface area contributed by atoms with Crippen molar-refractivity contribution >= 4 is 39.0 Å². The predicted molar refractivity (Wildman–Crippen MR) is 98.2 cm³/mol. The van der Waals surface area contributed by atoms with E-state index in [2.05, 4.69) is 37.1 Å². The first-order valence-electron chi connectivity index (χ1n) is 8.38. The van der Waals surface area contributed by atoms with Gasteiger partial charge in [-0.1, -0.05) is 0 Å². The molecule has 0 aromatic carbocycles. The summed E-state index contributed by atoms with van der Waals surface area (Å²) in [6.45, 7) is 8.60. The lowest BCUT2D eigenvalue weighted by Gasteiger charge is -2.32. The van der Waals surface area contributed by atoms with Crippen LogP contribution in [0.5, 0.6) is 0 Å². The van der Waals surface area contributed by atoms with Crippen molar-refractivity contribution in [2.75, 3.05) is 64.4 Å². The zero-order chi connectivity index (χ0) is 16.5. The van der Waals surface area contributed by atoms with Gasteiger partial charge in [-0.3, -0.25) is 4.90 Å². The minimum Gasteiger partial charge on any atom is -0.378 e. The molecule has 8 heteroatoms. The summed E-state index contributed by atoms with van der Waals surface area (Å²) in [5, 5.41) is 3.72. The lowest BCUT2D eigenvalue weighted by atomic mass is 10.2. The summed E-state index contributed by atoms with van der Waals surface area (Å²) in [5.41, 5.74) is 1.32. The Morgan fingerprint density at radius 3 is 2.62 bits per heavy atom. The number of ether oxygens (including phenoxy) is 1. The molecule has 0 bridgehead atoms. The fourth-order valence-electron chi connectivity index (χ4n) is 3.32. The van der Waals surface area contributed by atoms with Crippen LogP contribution in [-0.2, 0) is 11.3 Å². The number of nitrogens with zero attached hydrogens (tertiary/aromatic N) is 5. The molecule has 2 saturated heterocycles. The Kier molecular flexibility index (Phi) is 4.87. The zero-order valence-electron chi connectivity index (χ0n) is 13.9. The van der Waals surface area contributed by atoms with Crippen LogP contribution >= 0.6 is 22.9 Å². The number of rotatable bonds is 3. The summed E-state index contributed by atoms with van der Waals surface area (Å²) in [5.74, 6) is 0.971. The number of hydrogen-bond donors (Lipinski definition) is 0. The van der Waals surface area contributed by atoms with E-state index in [1.807, 2.05) is 0 Å². The highest BCUT2D eigenvalue weighted by Crippen LogP contribution is 2.34. The first-order chi connectivity index (χ1) is 11.7. The molecule has 2 aromatic rings. The van der Waals surface area contributed by atoms with E-state index < -0.39 is 0 Å². The van der Waals surface area contributed by atoms with Crippen molar-refractivity contribution in [3.8, 4) is 0 Å². The Hall–Kier alpha value is -0.990. The zero-order valence-corrected chi connectivity index (χ0v) is 15.4. The largest absolute Gasteiger partial charge is 0.378 e. The lowest BCUT2D eigenvalue weighted by Crippen LogP contribution is -2.43. The fourth-order valence-corrected chi connectivity index (χ4v) is 4.46. The standard InChI is InChI=1S/C16H22ClN5OS/c1-20-2-4-21(5-3-20)10-12-11-24-15-13(12)14(18-16(17)19-15)22-6-8-23-9-7-22/h11H,2-10H2,1H3. The Morgan fingerprint density at radius 1 is 1.12 bits per heavy atom. The normalized spacial score (nSPS) is 20.8. The van der Waals surface area contributed by atoms with Crippen LogP contribution in [0.15, 0.2) is 5.38 Å². The van der Waals surface area contributed by atoms with Gasteiger partial charge in [-0.2, -0.15) is 4.98 Å². The number of anilines is 1. The molecule has 0 aliphatic carbocycles. The van der Waals surface area contributed by atoms with E-state index >= 15 is 0 Å². The third-order valence-corrected chi connectivity index (χ3v) is 5.85. The number of aromatic nitrogens is 2. The van der Waals surface area contributed by atoms with Crippen molar-refractivity contribution in [2.24, 2.45) is 0 Å². The molecule has 0 radical (unpaired) electrons. The van der Waals surface area contributed by atoms with E-state index in [1.54, 1.807) is 11.3 Å². The van der Waals surface area contributed by atoms with Gasteiger partial charge in [0.2, 0.25) is 5.28 Å². The van der Waals surface area contributed by atoms with E-state index in [4.69, 9.17) is 16.3 Å². The number of piperazine rings is 1. The summed E-state index contributed by atoms with van der Waals surface area (Å²) in [7, 11) is 2.18. The number of fused-ring (bicyclic) bond motifs is 1. The first kappa shape index (κ1) is 16.5. The highest BCUT2D eigenvalue weighted by molar-refractivity contribution is 7.17. The van der Waals surface area contributed by atoms with Crippen LogP contribution in [0.3, 0.4) is 0 Å². The Labute approximate surface area is 151 Å². The molecule has 6 nitrogen and oxygen atoms in total. The number of morpholine rings is 1. The smallest absolute Gasteiger partial charge is 0.225 e. The number of halogens is 1. The van der Waals surface area contributed by atoms with Gasteiger partial charge in [-0.05, 0) is 29.6 Å². The molecule has 2 aliphatic rings. The fraction of sp³-hybridized carbons (Fsp3) is 0.625. The highest BCUT2D eigenvalue weighted by atomic mass is 35.5. The second-order valence-electron chi connectivity index (χ2n) is 6.44. The van der Waals surface area contributed by atoms with Crippen molar-refractivity contribution in [3.05, 3.63) is 16.2 Å². The van der Waals surface area contributed by atoms with Gasteiger partial charge in [0.25, 0.3) is 0 Å². The van der Waals surface area contributed by atoms with Crippen LogP contribution in [0.4, 0.5) is 5.82 Å². The molecule has 0 unspecified atom stereocenters. The van der Waals surface area contributed by atoms with Crippen molar-refractivity contribution < 1.29 is 4.74 Å².